The summed E-state index contributed by atoms with van der Waals surface area (Å²) in [5.41, 5.74) is 0.853. The summed E-state index contributed by atoms with van der Waals surface area (Å²) in [5.74, 6) is -1.17. The Kier molecular flexibility index (Phi) is 6.38. The van der Waals surface area contributed by atoms with E-state index in [2.05, 4.69) is 10.6 Å². The summed E-state index contributed by atoms with van der Waals surface area (Å²) in [6, 6.07) is 9.34. The summed E-state index contributed by atoms with van der Waals surface area (Å²) in [5, 5.41) is 14.2. The van der Waals surface area contributed by atoms with Crippen LogP contribution in [0.4, 0.5) is 5.69 Å². The van der Waals surface area contributed by atoms with E-state index in [-0.39, 0.29) is 25.4 Å². The van der Waals surface area contributed by atoms with E-state index >= 15 is 0 Å². The van der Waals surface area contributed by atoms with Gasteiger partial charge in [-0.25, -0.2) is 0 Å². The van der Waals surface area contributed by atoms with Crippen LogP contribution in [-0.2, 0) is 14.3 Å². The van der Waals surface area contributed by atoms with Gasteiger partial charge in [-0.15, -0.1) is 0 Å². The average molecular weight is 266 g/mol. The van der Waals surface area contributed by atoms with Gasteiger partial charge in [0.25, 0.3) is 0 Å². The number of ether oxygens (including phenoxy) is 1. The minimum absolute atomic E-state index is 0.132. The molecule has 0 bridgehead atoms. The number of hydrogen-bond donors (Lipinski definition) is 3. The maximum Gasteiger partial charge on any atom is 0.306 e. The third-order valence-corrected chi connectivity index (χ3v) is 2.49. The van der Waals surface area contributed by atoms with Gasteiger partial charge in [-0.2, -0.15) is 0 Å². The molecule has 0 radical (unpaired) electrons. The zero-order valence-corrected chi connectivity index (χ0v) is 10.8. The Bertz CT molecular complexity index is 408. The van der Waals surface area contributed by atoms with Crippen molar-refractivity contribution in [1.82, 2.24) is 5.32 Å². The summed E-state index contributed by atoms with van der Waals surface area (Å²) >= 11 is 0. The number of carbonyl (C=O) groups is 2. The van der Waals surface area contributed by atoms with Crippen LogP contribution in [0.15, 0.2) is 30.3 Å². The van der Waals surface area contributed by atoms with Crippen molar-refractivity contribution in [3.05, 3.63) is 30.3 Å². The molecule has 0 aliphatic carbocycles. The van der Waals surface area contributed by atoms with Crippen LogP contribution in [0.5, 0.6) is 0 Å². The molecular formula is C13H18N2O4. The first kappa shape index (κ1) is 15.0. The smallest absolute Gasteiger partial charge is 0.306 e. The highest BCUT2D eigenvalue weighted by molar-refractivity contribution is 5.80. The molecule has 1 atom stereocenters. The van der Waals surface area contributed by atoms with Gasteiger partial charge < -0.3 is 20.5 Å². The molecule has 0 saturated heterocycles. The van der Waals surface area contributed by atoms with Gasteiger partial charge in [0.15, 0.2) is 0 Å². The summed E-state index contributed by atoms with van der Waals surface area (Å²) in [6.45, 7) is 0.311. The summed E-state index contributed by atoms with van der Waals surface area (Å²) in [6.07, 6.45) is -0.652. The van der Waals surface area contributed by atoms with Crippen LogP contribution >= 0.6 is 0 Å². The van der Waals surface area contributed by atoms with Gasteiger partial charge in [-0.1, -0.05) is 18.2 Å². The lowest BCUT2D eigenvalue weighted by atomic mass is 10.2. The Labute approximate surface area is 111 Å². The largest absolute Gasteiger partial charge is 0.481 e. The second kappa shape index (κ2) is 8.10. The lowest BCUT2D eigenvalue weighted by molar-refractivity contribution is -0.140. The van der Waals surface area contributed by atoms with Crippen molar-refractivity contribution in [3.8, 4) is 0 Å². The second-order valence-corrected chi connectivity index (χ2v) is 3.98. The maximum absolute atomic E-state index is 11.5. The first-order valence-corrected chi connectivity index (χ1v) is 5.92. The third-order valence-electron chi connectivity index (χ3n) is 2.49. The van der Waals surface area contributed by atoms with E-state index in [4.69, 9.17) is 9.84 Å². The molecule has 0 saturated carbocycles. The Morgan fingerprint density at radius 1 is 1.32 bits per heavy atom. The number of amides is 1. The van der Waals surface area contributed by atoms with Gasteiger partial charge in [0, 0.05) is 19.3 Å². The maximum atomic E-state index is 11.5. The van der Waals surface area contributed by atoms with Gasteiger partial charge in [0.05, 0.1) is 19.1 Å². The van der Waals surface area contributed by atoms with Crippen molar-refractivity contribution in [2.45, 2.75) is 12.5 Å². The zero-order chi connectivity index (χ0) is 14.1. The molecule has 0 aliphatic heterocycles. The fourth-order valence-electron chi connectivity index (χ4n) is 1.46. The molecule has 19 heavy (non-hydrogen) atoms. The van der Waals surface area contributed by atoms with Crippen LogP contribution in [0.1, 0.15) is 6.42 Å². The highest BCUT2D eigenvalue weighted by atomic mass is 16.5. The molecule has 6 heteroatoms. The van der Waals surface area contributed by atoms with Crippen molar-refractivity contribution >= 4 is 17.6 Å². The number of carbonyl (C=O) groups excluding carboxylic acids is 1. The van der Waals surface area contributed by atoms with Gasteiger partial charge >= 0.3 is 5.97 Å². The second-order valence-electron chi connectivity index (χ2n) is 3.98. The average Bonchev–Trinajstić information content (AvgIpc) is 2.42. The zero-order valence-electron chi connectivity index (χ0n) is 10.8. The van der Waals surface area contributed by atoms with Crippen LogP contribution in [0.25, 0.3) is 0 Å². The van der Waals surface area contributed by atoms with Gasteiger partial charge in [0.1, 0.15) is 0 Å². The molecule has 1 rings (SSSR count). The highest BCUT2D eigenvalue weighted by Crippen LogP contribution is 2.03. The fraction of sp³-hybridized carbons (Fsp3) is 0.385. The molecule has 0 aromatic heterocycles. The highest BCUT2D eigenvalue weighted by Gasteiger charge is 2.13. The van der Waals surface area contributed by atoms with Crippen LogP contribution in [0.2, 0.25) is 0 Å². The Balaban J connectivity index is 2.25. The van der Waals surface area contributed by atoms with E-state index < -0.39 is 12.1 Å². The first-order valence-electron chi connectivity index (χ1n) is 5.92. The van der Waals surface area contributed by atoms with E-state index in [1.165, 1.54) is 7.11 Å². The minimum Gasteiger partial charge on any atom is -0.481 e. The topological polar surface area (TPSA) is 87.7 Å². The molecular weight excluding hydrogens is 248 g/mol. The van der Waals surface area contributed by atoms with E-state index in [0.29, 0.717) is 0 Å². The van der Waals surface area contributed by atoms with Crippen molar-refractivity contribution in [2.75, 3.05) is 25.5 Å². The molecule has 3 N–H and O–H groups in total. The van der Waals surface area contributed by atoms with E-state index in [0.717, 1.165) is 5.69 Å². The molecule has 0 aliphatic rings. The summed E-state index contributed by atoms with van der Waals surface area (Å²) in [7, 11) is 1.42. The minimum atomic E-state index is -0.955. The Morgan fingerprint density at radius 3 is 2.58 bits per heavy atom. The van der Waals surface area contributed by atoms with Gasteiger partial charge in [-0.05, 0) is 12.1 Å². The normalized spacial score (nSPS) is 11.6. The molecule has 104 valence electrons. The summed E-state index contributed by atoms with van der Waals surface area (Å²) < 4.78 is 4.96. The number of carboxylic acids is 1. The monoisotopic (exact) mass is 266 g/mol. The number of benzene rings is 1. The number of carboxylic acid groups (broad SMARTS) is 1. The van der Waals surface area contributed by atoms with Crippen molar-refractivity contribution in [2.24, 2.45) is 0 Å². The van der Waals surface area contributed by atoms with Gasteiger partial charge in [-0.3, -0.25) is 9.59 Å². The lowest BCUT2D eigenvalue weighted by Gasteiger charge is -2.14. The molecule has 1 amide bonds. The van der Waals surface area contributed by atoms with Crippen molar-refractivity contribution < 1.29 is 19.4 Å². The summed E-state index contributed by atoms with van der Waals surface area (Å²) in [4.78, 5) is 22.1. The number of aliphatic carboxylic acids is 1. The predicted octanol–water partition coefficient (Wildman–Crippen LogP) is 0.704. The van der Waals surface area contributed by atoms with Gasteiger partial charge in [0.2, 0.25) is 5.91 Å². The number of methoxy groups -OCH3 is 1. The number of anilines is 1. The predicted molar refractivity (Wildman–Crippen MR) is 71.0 cm³/mol. The van der Waals surface area contributed by atoms with Crippen LogP contribution in [0, 0.1) is 0 Å². The Morgan fingerprint density at radius 2 is 2.00 bits per heavy atom. The van der Waals surface area contributed by atoms with E-state index in [1.807, 2.05) is 30.3 Å². The lowest BCUT2D eigenvalue weighted by Crippen LogP contribution is -2.37. The number of nitrogens with one attached hydrogen (secondary N) is 2. The van der Waals surface area contributed by atoms with E-state index in [1.54, 1.807) is 0 Å². The molecule has 6 nitrogen and oxygen atoms in total. The number of rotatable bonds is 8. The molecule has 0 fully saturated rings. The molecule has 1 aromatic rings. The molecule has 0 spiro atoms. The number of hydrogen-bond acceptors (Lipinski definition) is 4. The standard InChI is InChI=1S/C13H18N2O4/c1-19-11(7-13(17)18)8-15-12(16)9-14-10-5-3-2-4-6-10/h2-6,11,14H,7-9H2,1H3,(H,15,16)(H,17,18). The quantitative estimate of drug-likeness (QED) is 0.645. The fourth-order valence-corrected chi connectivity index (χ4v) is 1.46. The third kappa shape index (κ3) is 6.42. The van der Waals surface area contributed by atoms with E-state index in [9.17, 15) is 9.59 Å². The Hall–Kier alpha value is -2.08. The number of para-hydroxylation sites is 1. The molecule has 1 aromatic carbocycles. The SMILES string of the molecule is COC(CNC(=O)CNc1ccccc1)CC(=O)O. The van der Waals surface area contributed by atoms with Crippen LogP contribution in [-0.4, -0.2) is 43.3 Å². The van der Waals surface area contributed by atoms with Crippen LogP contribution < -0.4 is 10.6 Å². The first-order chi connectivity index (χ1) is 9.11. The molecule has 1 unspecified atom stereocenters. The van der Waals surface area contributed by atoms with Crippen LogP contribution in [0.3, 0.4) is 0 Å². The molecule has 0 heterocycles. The van der Waals surface area contributed by atoms with Crippen molar-refractivity contribution in [1.29, 1.82) is 0 Å². The van der Waals surface area contributed by atoms with Crippen molar-refractivity contribution in [3.63, 3.8) is 0 Å².